The van der Waals surface area contributed by atoms with Crippen molar-refractivity contribution in [2.45, 2.75) is 13.8 Å². The van der Waals surface area contributed by atoms with Gasteiger partial charge in [0.15, 0.2) is 0 Å². The van der Waals surface area contributed by atoms with Crippen LogP contribution in [0.15, 0.2) is 6.07 Å². The van der Waals surface area contributed by atoms with Gasteiger partial charge in [0.1, 0.15) is 22.6 Å². The lowest BCUT2D eigenvalue weighted by Crippen LogP contribution is -2.11. The highest BCUT2D eigenvalue weighted by Crippen LogP contribution is 2.34. The van der Waals surface area contributed by atoms with Gasteiger partial charge in [0, 0.05) is 0 Å². The molecule has 0 aliphatic rings. The Hall–Kier alpha value is -2.24. The van der Waals surface area contributed by atoms with Crippen LogP contribution in [-0.4, -0.2) is 35.9 Å². The first kappa shape index (κ1) is 13.8. The molecule has 0 atom stereocenters. The van der Waals surface area contributed by atoms with Crippen molar-refractivity contribution >= 4 is 11.9 Å². The molecule has 0 aliphatic heterocycles. The lowest BCUT2D eigenvalue weighted by molar-refractivity contribution is 0.0522. The molecule has 98 valence electrons. The molecule has 0 bridgehead atoms. The van der Waals surface area contributed by atoms with Crippen molar-refractivity contribution in [3.63, 3.8) is 0 Å². The number of hydrogen-bond acceptors (Lipinski definition) is 5. The topological polar surface area (TPSA) is 93.1 Å². The van der Waals surface area contributed by atoms with E-state index in [9.17, 15) is 14.7 Å². The lowest BCUT2D eigenvalue weighted by Gasteiger charge is -2.13. The van der Waals surface area contributed by atoms with E-state index in [2.05, 4.69) is 0 Å². The van der Waals surface area contributed by atoms with Crippen LogP contribution in [0.4, 0.5) is 0 Å². The summed E-state index contributed by atoms with van der Waals surface area (Å²) in [5.41, 5.74) is -0.228. The Kier molecular flexibility index (Phi) is 4.14. The zero-order chi connectivity index (χ0) is 13.9. The minimum atomic E-state index is -1.38. The summed E-state index contributed by atoms with van der Waals surface area (Å²) in [4.78, 5) is 22.7. The molecule has 6 nitrogen and oxygen atoms in total. The molecular formula is C12H14O6. The van der Waals surface area contributed by atoms with E-state index in [-0.39, 0.29) is 17.9 Å². The number of carbonyl (C=O) groups is 2. The smallest absolute Gasteiger partial charge is 0.343 e. The first-order valence-corrected chi connectivity index (χ1v) is 5.25. The van der Waals surface area contributed by atoms with Crippen molar-refractivity contribution in [1.82, 2.24) is 0 Å². The number of hydrogen-bond donors (Lipinski definition) is 2. The zero-order valence-electron chi connectivity index (χ0n) is 10.3. The Morgan fingerprint density at radius 1 is 1.33 bits per heavy atom. The number of aryl methyl sites for hydroxylation is 1. The van der Waals surface area contributed by atoms with Gasteiger partial charge in [0.2, 0.25) is 0 Å². The fourth-order valence-corrected chi connectivity index (χ4v) is 1.60. The van der Waals surface area contributed by atoms with Crippen molar-refractivity contribution in [3.05, 3.63) is 22.8 Å². The number of esters is 1. The average Bonchev–Trinajstić information content (AvgIpc) is 2.27. The summed E-state index contributed by atoms with van der Waals surface area (Å²) < 4.78 is 9.64. The Morgan fingerprint density at radius 2 is 1.94 bits per heavy atom. The second-order valence-electron chi connectivity index (χ2n) is 3.52. The SMILES string of the molecule is CCOC(=O)c1c(C)cc(OC)c(C(=O)O)c1O. The van der Waals surface area contributed by atoms with Gasteiger partial charge >= 0.3 is 11.9 Å². The van der Waals surface area contributed by atoms with Crippen LogP contribution in [0.3, 0.4) is 0 Å². The maximum absolute atomic E-state index is 11.6. The van der Waals surface area contributed by atoms with Gasteiger partial charge in [-0.15, -0.1) is 0 Å². The average molecular weight is 254 g/mol. The summed E-state index contributed by atoms with van der Waals surface area (Å²) in [6.45, 7) is 3.30. The molecule has 0 heterocycles. The number of benzene rings is 1. The predicted molar refractivity (Wildman–Crippen MR) is 62.3 cm³/mol. The molecule has 0 saturated heterocycles. The molecule has 1 rings (SSSR count). The number of aromatic carboxylic acids is 1. The standard InChI is InChI=1S/C12H14O6/c1-4-18-12(16)8-6(2)5-7(17-3)9(10(8)13)11(14)15/h5,13H,4H2,1-3H3,(H,14,15). The molecule has 0 spiro atoms. The van der Waals surface area contributed by atoms with Crippen LogP contribution in [0.2, 0.25) is 0 Å². The summed E-state index contributed by atoms with van der Waals surface area (Å²) in [5.74, 6) is -2.80. The van der Waals surface area contributed by atoms with Gasteiger partial charge in [-0.3, -0.25) is 0 Å². The molecule has 1 aromatic rings. The second kappa shape index (κ2) is 5.39. The monoisotopic (exact) mass is 254 g/mol. The number of carbonyl (C=O) groups excluding carboxylic acids is 1. The molecule has 0 amide bonds. The Morgan fingerprint density at radius 3 is 2.39 bits per heavy atom. The molecule has 0 unspecified atom stereocenters. The summed E-state index contributed by atoms with van der Waals surface area (Å²) in [6, 6.07) is 1.37. The molecule has 0 aliphatic carbocycles. The van der Waals surface area contributed by atoms with Crippen molar-refractivity contribution in [2.24, 2.45) is 0 Å². The van der Waals surface area contributed by atoms with Gasteiger partial charge < -0.3 is 19.7 Å². The maximum atomic E-state index is 11.6. The zero-order valence-corrected chi connectivity index (χ0v) is 10.3. The highest BCUT2D eigenvalue weighted by atomic mass is 16.5. The van der Waals surface area contributed by atoms with Crippen LogP contribution in [0.5, 0.6) is 11.5 Å². The van der Waals surface area contributed by atoms with Gasteiger partial charge in [0.25, 0.3) is 0 Å². The number of aromatic hydroxyl groups is 1. The van der Waals surface area contributed by atoms with Crippen molar-refractivity contribution in [1.29, 1.82) is 0 Å². The molecule has 0 saturated carbocycles. The third-order valence-corrected chi connectivity index (χ3v) is 2.38. The van der Waals surface area contributed by atoms with Crippen LogP contribution < -0.4 is 4.74 Å². The van der Waals surface area contributed by atoms with E-state index >= 15 is 0 Å². The highest BCUT2D eigenvalue weighted by Gasteiger charge is 2.26. The number of carboxylic acids is 1. The Balaban J connectivity index is 3.50. The molecule has 0 fully saturated rings. The third kappa shape index (κ3) is 2.37. The molecule has 0 aromatic heterocycles. The summed E-state index contributed by atoms with van der Waals surface area (Å²) in [5, 5.41) is 18.9. The largest absolute Gasteiger partial charge is 0.506 e. The number of carboxylic acid groups (broad SMARTS) is 1. The Labute approximate surface area is 104 Å². The molecule has 0 radical (unpaired) electrons. The fraction of sp³-hybridized carbons (Fsp3) is 0.333. The van der Waals surface area contributed by atoms with E-state index in [0.29, 0.717) is 5.56 Å². The minimum absolute atomic E-state index is 0.00875. The quantitative estimate of drug-likeness (QED) is 0.792. The predicted octanol–water partition coefficient (Wildman–Crippen LogP) is 1.58. The van der Waals surface area contributed by atoms with E-state index in [1.807, 2.05) is 0 Å². The first-order valence-electron chi connectivity index (χ1n) is 5.25. The van der Waals surface area contributed by atoms with Gasteiger partial charge in [0.05, 0.1) is 13.7 Å². The van der Waals surface area contributed by atoms with Crippen molar-refractivity contribution in [3.8, 4) is 11.5 Å². The second-order valence-corrected chi connectivity index (χ2v) is 3.52. The van der Waals surface area contributed by atoms with Crippen molar-refractivity contribution < 1.29 is 29.3 Å². The van der Waals surface area contributed by atoms with Crippen LogP contribution in [-0.2, 0) is 4.74 Å². The van der Waals surface area contributed by atoms with E-state index in [1.165, 1.54) is 13.2 Å². The summed E-state index contributed by atoms with van der Waals surface area (Å²) in [7, 11) is 1.28. The number of methoxy groups -OCH3 is 1. The van der Waals surface area contributed by atoms with Crippen molar-refractivity contribution in [2.75, 3.05) is 13.7 Å². The normalized spacial score (nSPS) is 9.94. The molecule has 2 N–H and O–H groups in total. The van der Waals surface area contributed by atoms with Crippen LogP contribution in [0, 0.1) is 6.92 Å². The van der Waals surface area contributed by atoms with Gasteiger partial charge in [-0.1, -0.05) is 0 Å². The summed E-state index contributed by atoms with van der Waals surface area (Å²) >= 11 is 0. The van der Waals surface area contributed by atoms with E-state index in [1.54, 1.807) is 13.8 Å². The van der Waals surface area contributed by atoms with Gasteiger partial charge in [-0.2, -0.15) is 0 Å². The van der Waals surface area contributed by atoms with Crippen LogP contribution >= 0.6 is 0 Å². The van der Waals surface area contributed by atoms with Gasteiger partial charge in [-0.25, -0.2) is 9.59 Å². The minimum Gasteiger partial charge on any atom is -0.506 e. The molecule has 1 aromatic carbocycles. The van der Waals surface area contributed by atoms with E-state index in [4.69, 9.17) is 14.6 Å². The summed E-state index contributed by atoms with van der Waals surface area (Å²) in [6.07, 6.45) is 0. The number of ether oxygens (including phenoxy) is 2. The first-order chi connectivity index (χ1) is 8.43. The van der Waals surface area contributed by atoms with Crippen LogP contribution in [0.25, 0.3) is 0 Å². The highest BCUT2D eigenvalue weighted by molar-refractivity contribution is 6.02. The van der Waals surface area contributed by atoms with Gasteiger partial charge in [-0.05, 0) is 25.5 Å². The number of phenols is 1. The number of rotatable bonds is 4. The van der Waals surface area contributed by atoms with E-state index < -0.39 is 23.3 Å². The lowest BCUT2D eigenvalue weighted by atomic mass is 10.0. The third-order valence-electron chi connectivity index (χ3n) is 2.38. The Bertz CT molecular complexity index is 492. The van der Waals surface area contributed by atoms with Crippen LogP contribution in [0.1, 0.15) is 33.2 Å². The molecule has 18 heavy (non-hydrogen) atoms. The molecule has 6 heteroatoms. The van der Waals surface area contributed by atoms with E-state index in [0.717, 1.165) is 0 Å². The maximum Gasteiger partial charge on any atom is 0.343 e. The molecular weight excluding hydrogens is 240 g/mol. The fourth-order valence-electron chi connectivity index (χ4n) is 1.60.